The van der Waals surface area contributed by atoms with E-state index in [1.807, 2.05) is 12.1 Å². The molecule has 0 radical (unpaired) electrons. The third-order valence-corrected chi connectivity index (χ3v) is 2.46. The molecule has 2 N–H and O–H groups in total. The summed E-state index contributed by atoms with van der Waals surface area (Å²) in [7, 11) is 0. The Morgan fingerprint density at radius 3 is 3.00 bits per heavy atom. The lowest BCUT2D eigenvalue weighted by Crippen LogP contribution is -2.24. The van der Waals surface area contributed by atoms with Gasteiger partial charge < -0.3 is 14.9 Å². The van der Waals surface area contributed by atoms with E-state index in [0.29, 0.717) is 6.42 Å². The highest BCUT2D eigenvalue weighted by molar-refractivity contribution is 5.14. The van der Waals surface area contributed by atoms with Gasteiger partial charge in [0.25, 0.3) is 0 Å². The van der Waals surface area contributed by atoms with Gasteiger partial charge in [-0.3, -0.25) is 4.98 Å². The van der Waals surface area contributed by atoms with Gasteiger partial charge in [0.15, 0.2) is 0 Å². The largest absolute Gasteiger partial charge is 0.394 e. The maximum atomic E-state index is 9.52. The summed E-state index contributed by atoms with van der Waals surface area (Å²) in [6, 6.07) is 3.74. The molecule has 76 valence electrons. The van der Waals surface area contributed by atoms with Crippen molar-refractivity contribution in [2.75, 3.05) is 6.61 Å². The van der Waals surface area contributed by atoms with Crippen molar-refractivity contribution in [2.24, 2.45) is 0 Å². The number of aromatic nitrogens is 1. The molecule has 0 spiro atoms. The van der Waals surface area contributed by atoms with E-state index in [0.717, 1.165) is 5.56 Å². The fourth-order valence-corrected chi connectivity index (χ4v) is 1.67. The predicted molar refractivity (Wildman–Crippen MR) is 49.6 cm³/mol. The van der Waals surface area contributed by atoms with Crippen molar-refractivity contribution in [1.29, 1.82) is 0 Å². The number of ether oxygens (including phenoxy) is 1. The summed E-state index contributed by atoms with van der Waals surface area (Å²) < 4.78 is 5.47. The van der Waals surface area contributed by atoms with E-state index < -0.39 is 12.2 Å². The Balaban J connectivity index is 2.09. The molecule has 14 heavy (non-hydrogen) atoms. The topological polar surface area (TPSA) is 62.6 Å². The smallest absolute Gasteiger partial charge is 0.107 e. The van der Waals surface area contributed by atoms with Crippen LogP contribution in [0.1, 0.15) is 18.1 Å². The molecule has 2 heterocycles. The maximum absolute atomic E-state index is 9.52. The molecule has 1 aliphatic heterocycles. The minimum Gasteiger partial charge on any atom is -0.394 e. The summed E-state index contributed by atoms with van der Waals surface area (Å²) in [4.78, 5) is 3.98. The van der Waals surface area contributed by atoms with Gasteiger partial charge in [-0.15, -0.1) is 0 Å². The van der Waals surface area contributed by atoms with E-state index in [9.17, 15) is 5.11 Å². The molecule has 0 saturated carbocycles. The molecule has 3 atom stereocenters. The van der Waals surface area contributed by atoms with Crippen molar-refractivity contribution >= 4 is 0 Å². The zero-order valence-electron chi connectivity index (χ0n) is 7.71. The van der Waals surface area contributed by atoms with Gasteiger partial charge in [0.2, 0.25) is 0 Å². The summed E-state index contributed by atoms with van der Waals surface area (Å²) in [6.07, 6.45) is 2.76. The third kappa shape index (κ3) is 1.77. The molecule has 0 bridgehead atoms. The molecule has 1 unspecified atom stereocenters. The molecular weight excluding hydrogens is 182 g/mol. The minimum atomic E-state index is -0.579. The van der Waals surface area contributed by atoms with Crippen LogP contribution in [0.4, 0.5) is 0 Å². The minimum absolute atomic E-state index is 0.141. The second-order valence-electron chi connectivity index (χ2n) is 3.44. The highest BCUT2D eigenvalue weighted by Crippen LogP contribution is 2.32. The first-order valence-corrected chi connectivity index (χ1v) is 4.65. The van der Waals surface area contributed by atoms with Crippen LogP contribution in [-0.2, 0) is 4.74 Å². The summed E-state index contributed by atoms with van der Waals surface area (Å²) in [5, 5.41) is 18.4. The number of aliphatic hydroxyl groups is 2. The van der Waals surface area contributed by atoms with Crippen LogP contribution in [0.5, 0.6) is 0 Å². The van der Waals surface area contributed by atoms with E-state index in [-0.39, 0.29) is 12.7 Å². The lowest BCUT2D eigenvalue weighted by Gasteiger charge is -2.11. The van der Waals surface area contributed by atoms with Gasteiger partial charge in [0.1, 0.15) is 6.10 Å². The van der Waals surface area contributed by atoms with Crippen molar-refractivity contribution < 1.29 is 14.9 Å². The number of aliphatic hydroxyl groups excluding tert-OH is 2. The Bertz CT molecular complexity index is 291. The number of hydrogen-bond acceptors (Lipinski definition) is 4. The number of hydrogen-bond donors (Lipinski definition) is 2. The second-order valence-corrected chi connectivity index (χ2v) is 3.44. The van der Waals surface area contributed by atoms with Crippen molar-refractivity contribution in [3.63, 3.8) is 0 Å². The fourth-order valence-electron chi connectivity index (χ4n) is 1.67. The molecule has 1 saturated heterocycles. The summed E-state index contributed by atoms with van der Waals surface area (Å²) in [5.74, 6) is 0. The van der Waals surface area contributed by atoms with E-state index in [1.165, 1.54) is 0 Å². The second kappa shape index (κ2) is 4.04. The van der Waals surface area contributed by atoms with E-state index in [1.54, 1.807) is 12.4 Å². The molecule has 4 heteroatoms. The van der Waals surface area contributed by atoms with Crippen LogP contribution >= 0.6 is 0 Å². The third-order valence-electron chi connectivity index (χ3n) is 2.46. The van der Waals surface area contributed by atoms with Crippen molar-refractivity contribution in [1.82, 2.24) is 4.98 Å². The Labute approximate surface area is 82.2 Å². The normalized spacial score (nSPS) is 32.0. The molecule has 0 aromatic carbocycles. The van der Waals surface area contributed by atoms with Crippen LogP contribution in [0.15, 0.2) is 24.5 Å². The van der Waals surface area contributed by atoms with Crippen LogP contribution in [0.2, 0.25) is 0 Å². The van der Waals surface area contributed by atoms with E-state index >= 15 is 0 Å². The van der Waals surface area contributed by atoms with Gasteiger partial charge in [-0.2, -0.15) is 0 Å². The molecular formula is C10H13NO3. The van der Waals surface area contributed by atoms with Crippen molar-refractivity contribution in [3.05, 3.63) is 30.1 Å². The number of nitrogens with zero attached hydrogens (tertiary/aromatic N) is 1. The molecule has 1 aromatic heterocycles. The lowest BCUT2D eigenvalue weighted by atomic mass is 10.1. The van der Waals surface area contributed by atoms with Crippen LogP contribution in [-0.4, -0.2) is 34.0 Å². The van der Waals surface area contributed by atoms with Gasteiger partial charge in [-0.25, -0.2) is 0 Å². The monoisotopic (exact) mass is 195 g/mol. The molecule has 4 nitrogen and oxygen atoms in total. The first-order chi connectivity index (χ1) is 6.81. The molecule has 0 aliphatic carbocycles. The molecule has 1 fully saturated rings. The van der Waals surface area contributed by atoms with Crippen LogP contribution in [0.3, 0.4) is 0 Å². The first-order valence-electron chi connectivity index (χ1n) is 4.65. The Hall–Kier alpha value is -0.970. The fraction of sp³-hybridized carbons (Fsp3) is 0.500. The molecule has 1 aliphatic rings. The van der Waals surface area contributed by atoms with Crippen molar-refractivity contribution in [3.8, 4) is 0 Å². The Kier molecular flexibility index (Phi) is 2.77. The standard InChI is InChI=1S/C10H13NO3/c12-6-10-8(13)4-9(14-10)7-2-1-3-11-5-7/h1-3,5,8-10,12-13H,4,6H2/t8?,9-,10-/m1/s1. The highest BCUT2D eigenvalue weighted by atomic mass is 16.5. The zero-order valence-corrected chi connectivity index (χ0v) is 7.71. The van der Waals surface area contributed by atoms with Crippen LogP contribution in [0.25, 0.3) is 0 Å². The lowest BCUT2D eigenvalue weighted by molar-refractivity contribution is -0.0226. The maximum Gasteiger partial charge on any atom is 0.107 e. The first kappa shape index (κ1) is 9.58. The highest BCUT2D eigenvalue weighted by Gasteiger charge is 2.34. The van der Waals surface area contributed by atoms with Gasteiger partial charge in [0.05, 0.1) is 18.8 Å². The van der Waals surface area contributed by atoms with Crippen LogP contribution < -0.4 is 0 Å². The average molecular weight is 195 g/mol. The quantitative estimate of drug-likeness (QED) is 0.710. The zero-order chi connectivity index (χ0) is 9.97. The van der Waals surface area contributed by atoms with Gasteiger partial charge in [-0.1, -0.05) is 6.07 Å². The summed E-state index contributed by atoms with van der Waals surface area (Å²) in [6.45, 7) is -0.141. The van der Waals surface area contributed by atoms with E-state index in [4.69, 9.17) is 9.84 Å². The SMILES string of the molecule is OC[C@H]1O[C@@H](c2cccnc2)CC1O. The van der Waals surface area contributed by atoms with Crippen molar-refractivity contribution in [2.45, 2.75) is 24.7 Å². The van der Waals surface area contributed by atoms with Gasteiger partial charge >= 0.3 is 0 Å². The molecule has 0 amide bonds. The summed E-state index contributed by atoms with van der Waals surface area (Å²) in [5.41, 5.74) is 0.947. The molecule has 2 rings (SSSR count). The summed E-state index contributed by atoms with van der Waals surface area (Å²) >= 11 is 0. The predicted octanol–water partition coefficient (Wildman–Crippen LogP) is 0.265. The Morgan fingerprint density at radius 1 is 1.57 bits per heavy atom. The average Bonchev–Trinajstić information content (AvgIpc) is 2.61. The van der Waals surface area contributed by atoms with Crippen LogP contribution in [0, 0.1) is 0 Å². The van der Waals surface area contributed by atoms with Gasteiger partial charge in [0, 0.05) is 18.8 Å². The molecule has 1 aromatic rings. The Morgan fingerprint density at radius 2 is 2.43 bits per heavy atom. The number of rotatable bonds is 2. The number of pyridine rings is 1. The van der Waals surface area contributed by atoms with Gasteiger partial charge in [-0.05, 0) is 11.6 Å². The van der Waals surface area contributed by atoms with E-state index in [2.05, 4.69) is 4.98 Å².